The highest BCUT2D eigenvalue weighted by atomic mass is 35.5. The number of nitrogens with zero attached hydrogens (tertiary/aromatic N) is 1. The summed E-state index contributed by atoms with van der Waals surface area (Å²) in [5.41, 5.74) is 1.42. The second-order valence-electron chi connectivity index (χ2n) is 6.43. The van der Waals surface area contributed by atoms with Crippen LogP contribution in [0.15, 0.2) is 76.1 Å². The number of anilines is 2. The number of halogens is 2. The standard InChI is InChI=1S/C22H12Cl2N2O2S/c23-17-7-6-13(9-18(17)24)26-22-25-11-20(29-22)16-10-15-14-4-2-1-3-12(14)5-8-19(15)28-21(16)27/h1-11H,(H,25,26). The van der Waals surface area contributed by atoms with Crippen molar-refractivity contribution in [3.8, 4) is 10.4 Å². The molecule has 0 aliphatic carbocycles. The van der Waals surface area contributed by atoms with E-state index >= 15 is 0 Å². The Kier molecular flexibility index (Phi) is 4.51. The highest BCUT2D eigenvalue weighted by Crippen LogP contribution is 2.33. The average Bonchev–Trinajstić information content (AvgIpc) is 3.18. The first kappa shape index (κ1) is 18.2. The minimum atomic E-state index is -0.391. The SMILES string of the molecule is O=c1oc2ccc3ccccc3c2cc1-c1cnc(Nc2ccc(Cl)c(Cl)c2)s1. The zero-order valence-electron chi connectivity index (χ0n) is 14.8. The molecule has 0 bridgehead atoms. The summed E-state index contributed by atoms with van der Waals surface area (Å²) in [5, 5.41) is 7.77. The molecule has 5 rings (SSSR count). The Morgan fingerprint density at radius 3 is 2.66 bits per heavy atom. The summed E-state index contributed by atoms with van der Waals surface area (Å²) in [7, 11) is 0. The average molecular weight is 439 g/mol. The first-order chi connectivity index (χ1) is 14.1. The summed E-state index contributed by atoms with van der Waals surface area (Å²) < 4.78 is 5.58. The summed E-state index contributed by atoms with van der Waals surface area (Å²) in [6, 6.07) is 18.9. The van der Waals surface area contributed by atoms with Crippen LogP contribution in [0.2, 0.25) is 10.0 Å². The number of aromatic nitrogens is 1. The van der Waals surface area contributed by atoms with E-state index in [1.165, 1.54) is 11.3 Å². The monoisotopic (exact) mass is 438 g/mol. The van der Waals surface area contributed by atoms with Gasteiger partial charge in [-0.2, -0.15) is 0 Å². The highest BCUT2D eigenvalue weighted by molar-refractivity contribution is 7.18. The predicted molar refractivity (Wildman–Crippen MR) is 121 cm³/mol. The van der Waals surface area contributed by atoms with Crippen molar-refractivity contribution in [3.63, 3.8) is 0 Å². The fourth-order valence-electron chi connectivity index (χ4n) is 3.20. The molecule has 0 spiro atoms. The molecule has 0 unspecified atom stereocenters. The number of benzene rings is 3. The van der Waals surface area contributed by atoms with Crippen molar-refractivity contribution in [1.29, 1.82) is 0 Å². The largest absolute Gasteiger partial charge is 0.422 e. The zero-order chi connectivity index (χ0) is 20.0. The molecule has 5 aromatic rings. The van der Waals surface area contributed by atoms with Crippen LogP contribution in [0.3, 0.4) is 0 Å². The summed E-state index contributed by atoms with van der Waals surface area (Å²) >= 11 is 13.4. The lowest BCUT2D eigenvalue weighted by Gasteiger charge is -2.05. The molecule has 7 heteroatoms. The van der Waals surface area contributed by atoms with Crippen molar-refractivity contribution in [3.05, 3.63) is 87.3 Å². The lowest BCUT2D eigenvalue weighted by molar-refractivity contribution is 0.564. The number of fused-ring (bicyclic) bond motifs is 3. The van der Waals surface area contributed by atoms with Gasteiger partial charge in [-0.1, -0.05) is 64.9 Å². The molecular formula is C22H12Cl2N2O2S. The Bertz CT molecular complexity index is 1440. The zero-order valence-corrected chi connectivity index (χ0v) is 17.1. The normalized spacial score (nSPS) is 11.2. The number of rotatable bonds is 3. The van der Waals surface area contributed by atoms with Gasteiger partial charge >= 0.3 is 5.63 Å². The van der Waals surface area contributed by atoms with E-state index in [2.05, 4.69) is 10.3 Å². The minimum absolute atomic E-state index is 0.391. The summed E-state index contributed by atoms with van der Waals surface area (Å²) in [6.07, 6.45) is 1.66. The van der Waals surface area contributed by atoms with Crippen molar-refractivity contribution in [2.75, 3.05) is 5.32 Å². The predicted octanol–water partition coefficient (Wildman–Crippen LogP) is 7.12. The minimum Gasteiger partial charge on any atom is -0.422 e. The lowest BCUT2D eigenvalue weighted by Crippen LogP contribution is -2.01. The fraction of sp³-hybridized carbons (Fsp3) is 0. The van der Waals surface area contributed by atoms with Crippen LogP contribution >= 0.6 is 34.5 Å². The van der Waals surface area contributed by atoms with E-state index in [4.69, 9.17) is 27.6 Å². The molecule has 0 aliphatic rings. The van der Waals surface area contributed by atoms with Crippen molar-refractivity contribution >= 4 is 67.1 Å². The molecule has 0 aliphatic heterocycles. The molecule has 0 radical (unpaired) electrons. The van der Waals surface area contributed by atoms with Crippen molar-refractivity contribution in [1.82, 2.24) is 4.98 Å². The van der Waals surface area contributed by atoms with E-state index in [9.17, 15) is 4.79 Å². The second kappa shape index (κ2) is 7.19. The second-order valence-corrected chi connectivity index (χ2v) is 8.27. The topological polar surface area (TPSA) is 55.1 Å². The Labute approximate surface area is 179 Å². The van der Waals surface area contributed by atoms with E-state index in [0.29, 0.717) is 26.3 Å². The molecule has 0 saturated carbocycles. The maximum atomic E-state index is 12.6. The van der Waals surface area contributed by atoms with Crippen molar-refractivity contribution in [2.45, 2.75) is 0 Å². The smallest absolute Gasteiger partial charge is 0.345 e. The number of hydrogen-bond acceptors (Lipinski definition) is 5. The summed E-state index contributed by atoms with van der Waals surface area (Å²) in [6.45, 7) is 0. The third-order valence-corrected chi connectivity index (χ3v) is 6.27. The van der Waals surface area contributed by atoms with E-state index < -0.39 is 5.63 Å². The van der Waals surface area contributed by atoms with Gasteiger partial charge in [-0.05, 0) is 41.1 Å². The van der Waals surface area contributed by atoms with Gasteiger partial charge in [0.2, 0.25) is 0 Å². The van der Waals surface area contributed by atoms with Crippen LogP contribution in [0.25, 0.3) is 32.2 Å². The molecule has 3 aromatic carbocycles. The molecule has 0 saturated heterocycles. The molecule has 0 amide bonds. The molecule has 2 aromatic heterocycles. The summed E-state index contributed by atoms with van der Waals surface area (Å²) in [4.78, 5) is 17.7. The number of thiazole rings is 1. The van der Waals surface area contributed by atoms with Gasteiger partial charge in [-0.15, -0.1) is 0 Å². The first-order valence-corrected chi connectivity index (χ1v) is 10.3. The van der Waals surface area contributed by atoms with Gasteiger partial charge in [-0.25, -0.2) is 9.78 Å². The van der Waals surface area contributed by atoms with Crippen LogP contribution in [0.5, 0.6) is 0 Å². The van der Waals surface area contributed by atoms with E-state index in [-0.39, 0.29) is 0 Å². The molecule has 4 nitrogen and oxygen atoms in total. The van der Waals surface area contributed by atoms with E-state index in [1.807, 2.05) is 48.5 Å². The van der Waals surface area contributed by atoms with Crippen LogP contribution in [-0.2, 0) is 0 Å². The third-order valence-electron chi connectivity index (χ3n) is 4.58. The third kappa shape index (κ3) is 3.38. The quantitative estimate of drug-likeness (QED) is 0.240. The fourth-order valence-corrected chi connectivity index (χ4v) is 4.34. The molecule has 142 valence electrons. The maximum absolute atomic E-state index is 12.6. The van der Waals surface area contributed by atoms with Gasteiger partial charge in [-0.3, -0.25) is 0 Å². The first-order valence-electron chi connectivity index (χ1n) is 8.72. The molecular weight excluding hydrogens is 427 g/mol. The van der Waals surface area contributed by atoms with Gasteiger partial charge in [0.25, 0.3) is 0 Å². The Morgan fingerprint density at radius 1 is 0.931 bits per heavy atom. The van der Waals surface area contributed by atoms with Crippen LogP contribution < -0.4 is 10.9 Å². The van der Waals surface area contributed by atoms with Gasteiger partial charge in [0.15, 0.2) is 5.13 Å². The van der Waals surface area contributed by atoms with Gasteiger partial charge in [0, 0.05) is 17.3 Å². The van der Waals surface area contributed by atoms with Crippen molar-refractivity contribution < 1.29 is 4.42 Å². The molecule has 0 atom stereocenters. The van der Waals surface area contributed by atoms with Gasteiger partial charge in [0.1, 0.15) is 5.58 Å². The van der Waals surface area contributed by atoms with Gasteiger partial charge in [0.05, 0.1) is 20.5 Å². The molecule has 2 heterocycles. The van der Waals surface area contributed by atoms with E-state index in [1.54, 1.807) is 18.3 Å². The highest BCUT2D eigenvalue weighted by Gasteiger charge is 2.13. The maximum Gasteiger partial charge on any atom is 0.345 e. The summed E-state index contributed by atoms with van der Waals surface area (Å²) in [5.74, 6) is 0. The van der Waals surface area contributed by atoms with Crippen LogP contribution in [0.1, 0.15) is 0 Å². The Balaban J connectivity index is 1.57. The molecule has 29 heavy (non-hydrogen) atoms. The van der Waals surface area contributed by atoms with Crippen LogP contribution in [-0.4, -0.2) is 4.98 Å². The number of nitrogens with one attached hydrogen (secondary N) is 1. The molecule has 1 N–H and O–H groups in total. The Morgan fingerprint density at radius 2 is 1.79 bits per heavy atom. The van der Waals surface area contributed by atoms with Gasteiger partial charge < -0.3 is 9.73 Å². The Hall–Kier alpha value is -2.86. The lowest BCUT2D eigenvalue weighted by atomic mass is 10.0. The van der Waals surface area contributed by atoms with Crippen molar-refractivity contribution in [2.24, 2.45) is 0 Å². The van der Waals surface area contributed by atoms with E-state index in [0.717, 1.165) is 26.7 Å². The van der Waals surface area contributed by atoms with Crippen LogP contribution in [0, 0.1) is 0 Å². The molecule has 0 fully saturated rings. The number of hydrogen-bond donors (Lipinski definition) is 1. The van der Waals surface area contributed by atoms with Crippen LogP contribution in [0.4, 0.5) is 10.8 Å².